The van der Waals surface area contributed by atoms with Crippen molar-refractivity contribution >= 4 is 16.5 Å². The first-order valence-corrected chi connectivity index (χ1v) is 6.15. The van der Waals surface area contributed by atoms with Crippen LogP contribution in [-0.4, -0.2) is 40.8 Å². The van der Waals surface area contributed by atoms with E-state index in [9.17, 15) is 0 Å². The Kier molecular flexibility index (Phi) is 4.05. The van der Waals surface area contributed by atoms with Crippen LogP contribution in [0.1, 0.15) is 18.5 Å². The number of ether oxygens (including phenoxy) is 1. The third-order valence-electron chi connectivity index (χ3n) is 2.65. The van der Waals surface area contributed by atoms with Gasteiger partial charge in [0.25, 0.3) is 0 Å². The summed E-state index contributed by atoms with van der Waals surface area (Å²) in [6, 6.07) is 0. The average Bonchev–Trinajstić information content (AvgIpc) is 2.88. The minimum atomic E-state index is 0.367. The van der Waals surface area contributed by atoms with Gasteiger partial charge in [-0.3, -0.25) is 4.90 Å². The van der Waals surface area contributed by atoms with Gasteiger partial charge in [-0.25, -0.2) is 5.84 Å². The van der Waals surface area contributed by atoms with E-state index in [4.69, 9.17) is 10.6 Å². The molecule has 0 saturated carbocycles. The van der Waals surface area contributed by atoms with Crippen molar-refractivity contribution in [2.24, 2.45) is 5.84 Å². The van der Waals surface area contributed by atoms with E-state index in [0.717, 1.165) is 36.8 Å². The van der Waals surface area contributed by atoms with Crippen molar-refractivity contribution in [1.82, 2.24) is 14.5 Å². The number of nitrogens with zero attached hydrogens (tertiary/aromatic N) is 3. The van der Waals surface area contributed by atoms with Crippen LogP contribution in [0.15, 0.2) is 0 Å². The van der Waals surface area contributed by atoms with Gasteiger partial charge in [-0.05, 0) is 19.9 Å². The first kappa shape index (κ1) is 11.7. The summed E-state index contributed by atoms with van der Waals surface area (Å²) in [5, 5.41) is 4.88. The van der Waals surface area contributed by atoms with Crippen LogP contribution >= 0.6 is 11.5 Å². The summed E-state index contributed by atoms with van der Waals surface area (Å²) >= 11 is 1.28. The zero-order valence-corrected chi connectivity index (χ0v) is 10.2. The number of nitrogens with one attached hydrogen (secondary N) is 1. The predicted octanol–water partition coefficient (Wildman–Crippen LogP) is 0.434. The summed E-state index contributed by atoms with van der Waals surface area (Å²) in [5.41, 5.74) is 3.51. The highest BCUT2D eigenvalue weighted by Crippen LogP contribution is 2.18. The molecule has 2 heterocycles. The minimum Gasteiger partial charge on any atom is -0.377 e. The topological polar surface area (TPSA) is 76.3 Å². The molecule has 1 aliphatic heterocycles. The largest absolute Gasteiger partial charge is 0.377 e. The highest BCUT2D eigenvalue weighted by atomic mass is 32.1. The highest BCUT2D eigenvalue weighted by molar-refractivity contribution is 7.10. The predicted molar refractivity (Wildman–Crippen MR) is 63.0 cm³/mol. The van der Waals surface area contributed by atoms with Crippen molar-refractivity contribution in [3.63, 3.8) is 0 Å². The van der Waals surface area contributed by atoms with Crippen molar-refractivity contribution in [3.8, 4) is 0 Å². The number of hydrogen-bond donors (Lipinski definition) is 2. The molecule has 1 fully saturated rings. The van der Waals surface area contributed by atoms with E-state index in [1.54, 1.807) is 0 Å². The van der Waals surface area contributed by atoms with E-state index in [0.29, 0.717) is 6.10 Å². The third kappa shape index (κ3) is 2.88. The fraction of sp³-hybridized carbons (Fsp3) is 0.778. The van der Waals surface area contributed by atoms with Crippen molar-refractivity contribution < 1.29 is 4.74 Å². The number of hydrazine groups is 1. The van der Waals surface area contributed by atoms with E-state index in [1.165, 1.54) is 18.0 Å². The molecule has 1 atom stereocenters. The summed E-state index contributed by atoms with van der Waals surface area (Å²) in [6.07, 6.45) is 2.69. The number of aromatic nitrogens is 2. The molecule has 7 heteroatoms. The molecule has 3 N–H and O–H groups in total. The lowest BCUT2D eigenvalue weighted by molar-refractivity contribution is 0.0790. The molecular formula is C9H17N5OS. The van der Waals surface area contributed by atoms with Gasteiger partial charge in [-0.15, -0.1) is 5.10 Å². The summed E-state index contributed by atoms with van der Waals surface area (Å²) in [6.45, 7) is 2.57. The van der Waals surface area contributed by atoms with Gasteiger partial charge < -0.3 is 10.2 Å². The van der Waals surface area contributed by atoms with Crippen molar-refractivity contribution in [3.05, 3.63) is 5.69 Å². The second kappa shape index (κ2) is 5.53. The van der Waals surface area contributed by atoms with Gasteiger partial charge in [0.15, 0.2) is 0 Å². The molecule has 90 valence electrons. The van der Waals surface area contributed by atoms with Crippen molar-refractivity contribution in [2.75, 3.05) is 25.6 Å². The van der Waals surface area contributed by atoms with Gasteiger partial charge in [0.2, 0.25) is 0 Å². The molecule has 0 bridgehead atoms. The Hall–Kier alpha value is -0.760. The maximum absolute atomic E-state index is 5.58. The lowest BCUT2D eigenvalue weighted by Crippen LogP contribution is -2.28. The monoisotopic (exact) mass is 243 g/mol. The normalized spacial score (nSPS) is 20.6. The van der Waals surface area contributed by atoms with Gasteiger partial charge in [-0.2, -0.15) is 0 Å². The Morgan fingerprint density at radius 2 is 2.56 bits per heavy atom. The lowest BCUT2D eigenvalue weighted by atomic mass is 10.2. The molecule has 1 aromatic rings. The van der Waals surface area contributed by atoms with Crippen LogP contribution in [0.25, 0.3) is 0 Å². The van der Waals surface area contributed by atoms with E-state index < -0.39 is 0 Å². The molecule has 2 rings (SSSR count). The van der Waals surface area contributed by atoms with E-state index >= 15 is 0 Å². The van der Waals surface area contributed by atoms with E-state index in [2.05, 4.69) is 27.0 Å². The zero-order chi connectivity index (χ0) is 11.4. The molecule has 0 aliphatic carbocycles. The number of nitrogens with two attached hydrogens (primary N) is 1. The second-order valence-corrected chi connectivity index (χ2v) is 4.78. The number of rotatable bonds is 5. The molecule has 1 saturated heterocycles. The van der Waals surface area contributed by atoms with Crippen LogP contribution in [0, 0.1) is 0 Å². The van der Waals surface area contributed by atoms with E-state index in [-0.39, 0.29) is 0 Å². The van der Waals surface area contributed by atoms with Crippen LogP contribution in [-0.2, 0) is 11.3 Å². The van der Waals surface area contributed by atoms with Crippen molar-refractivity contribution in [2.45, 2.75) is 25.5 Å². The fourth-order valence-corrected chi connectivity index (χ4v) is 2.36. The van der Waals surface area contributed by atoms with Crippen LogP contribution in [0.3, 0.4) is 0 Å². The summed E-state index contributed by atoms with van der Waals surface area (Å²) < 4.78 is 9.45. The maximum Gasteiger partial charge on any atom is 0.148 e. The summed E-state index contributed by atoms with van der Waals surface area (Å²) in [7, 11) is 2.06. The Morgan fingerprint density at radius 1 is 1.69 bits per heavy atom. The van der Waals surface area contributed by atoms with Gasteiger partial charge in [-0.1, -0.05) is 4.49 Å². The average molecular weight is 243 g/mol. The fourth-order valence-electron chi connectivity index (χ4n) is 1.88. The van der Waals surface area contributed by atoms with Gasteiger partial charge >= 0.3 is 0 Å². The van der Waals surface area contributed by atoms with E-state index in [1.807, 2.05) is 0 Å². The summed E-state index contributed by atoms with van der Waals surface area (Å²) in [5.74, 6) is 5.37. The first-order chi connectivity index (χ1) is 7.79. The first-order valence-electron chi connectivity index (χ1n) is 5.37. The van der Waals surface area contributed by atoms with Crippen molar-refractivity contribution in [1.29, 1.82) is 0 Å². The van der Waals surface area contributed by atoms with Crippen LogP contribution in [0.4, 0.5) is 5.00 Å². The van der Waals surface area contributed by atoms with Crippen LogP contribution in [0.5, 0.6) is 0 Å². The van der Waals surface area contributed by atoms with Crippen LogP contribution in [0.2, 0.25) is 0 Å². The number of anilines is 1. The van der Waals surface area contributed by atoms with Crippen LogP contribution < -0.4 is 11.3 Å². The Bertz CT molecular complexity index is 325. The highest BCUT2D eigenvalue weighted by Gasteiger charge is 2.18. The molecule has 0 aromatic carbocycles. The van der Waals surface area contributed by atoms with Gasteiger partial charge in [0.05, 0.1) is 6.10 Å². The Morgan fingerprint density at radius 3 is 3.25 bits per heavy atom. The lowest BCUT2D eigenvalue weighted by Gasteiger charge is -2.19. The molecule has 1 unspecified atom stereocenters. The number of nitrogen functional groups attached to an aromatic ring is 1. The molecular weight excluding hydrogens is 226 g/mol. The smallest absolute Gasteiger partial charge is 0.148 e. The number of likely N-dealkylation sites (N-methyl/N-ethyl adjacent to an activating group) is 1. The second-order valence-electron chi connectivity index (χ2n) is 4.02. The molecule has 6 nitrogen and oxygen atoms in total. The Balaban J connectivity index is 1.84. The Labute approximate surface area is 98.9 Å². The third-order valence-corrected chi connectivity index (χ3v) is 3.35. The minimum absolute atomic E-state index is 0.367. The molecule has 16 heavy (non-hydrogen) atoms. The molecule has 1 aliphatic rings. The van der Waals surface area contributed by atoms with Gasteiger partial charge in [0, 0.05) is 31.2 Å². The molecule has 0 radical (unpaired) electrons. The zero-order valence-electron chi connectivity index (χ0n) is 9.35. The SMILES string of the molecule is CN(Cc1nnsc1NN)CC1CCCO1. The quantitative estimate of drug-likeness (QED) is 0.577. The number of hydrogen-bond acceptors (Lipinski definition) is 7. The molecule has 0 spiro atoms. The molecule has 0 amide bonds. The van der Waals surface area contributed by atoms with Gasteiger partial charge in [0.1, 0.15) is 10.7 Å². The summed E-state index contributed by atoms with van der Waals surface area (Å²) in [4.78, 5) is 2.19. The molecule has 1 aromatic heterocycles. The standard InChI is InChI=1S/C9H17N5OS/c1-14(5-7-3-2-4-15-7)6-8-9(11-10)16-13-12-8/h7,11H,2-6,10H2,1H3. The maximum atomic E-state index is 5.58.